The highest BCUT2D eigenvalue weighted by molar-refractivity contribution is 9.10. The van der Waals surface area contributed by atoms with Gasteiger partial charge < -0.3 is 0 Å². The summed E-state index contributed by atoms with van der Waals surface area (Å²) in [7, 11) is 0. The molecule has 0 radical (unpaired) electrons. The fourth-order valence-corrected chi connectivity index (χ4v) is 2.72. The Bertz CT molecular complexity index is 887. The quantitative estimate of drug-likeness (QED) is 0.530. The lowest BCUT2D eigenvalue weighted by Crippen LogP contribution is -2.19. The van der Waals surface area contributed by atoms with Crippen molar-refractivity contribution in [2.45, 2.75) is 6.92 Å². The molecule has 0 aliphatic carbocycles. The van der Waals surface area contributed by atoms with Crippen LogP contribution in [0.1, 0.15) is 21.6 Å². The number of amides is 1. The second kappa shape index (κ2) is 7.23. The molecule has 120 valence electrons. The molecule has 0 aliphatic rings. The minimum absolute atomic E-state index is 0.326. The van der Waals surface area contributed by atoms with Crippen LogP contribution >= 0.6 is 15.9 Å². The molecular formula is C18H15BrN4O. The van der Waals surface area contributed by atoms with Crippen molar-refractivity contribution in [2.24, 2.45) is 5.10 Å². The lowest BCUT2D eigenvalue weighted by Gasteiger charge is -2.00. The Morgan fingerprint density at radius 3 is 2.75 bits per heavy atom. The highest BCUT2D eigenvalue weighted by Crippen LogP contribution is 2.22. The molecule has 2 aromatic carbocycles. The first-order valence-electron chi connectivity index (χ1n) is 7.34. The van der Waals surface area contributed by atoms with Gasteiger partial charge in [-0.2, -0.15) is 10.2 Å². The molecule has 0 aliphatic heterocycles. The maximum atomic E-state index is 12.3. The van der Waals surface area contributed by atoms with Gasteiger partial charge in [0.2, 0.25) is 0 Å². The summed E-state index contributed by atoms with van der Waals surface area (Å²) < 4.78 is 0.953. The van der Waals surface area contributed by atoms with Crippen molar-refractivity contribution >= 4 is 28.1 Å². The number of rotatable bonds is 4. The van der Waals surface area contributed by atoms with E-state index in [1.807, 2.05) is 61.5 Å². The van der Waals surface area contributed by atoms with E-state index in [2.05, 4.69) is 36.7 Å². The number of hydrazone groups is 1. The van der Waals surface area contributed by atoms with Crippen molar-refractivity contribution in [1.82, 2.24) is 15.6 Å². The summed E-state index contributed by atoms with van der Waals surface area (Å²) in [4.78, 5) is 12.3. The summed E-state index contributed by atoms with van der Waals surface area (Å²) in [5.74, 6) is -0.326. The lowest BCUT2D eigenvalue weighted by molar-refractivity contribution is 0.0949. The van der Waals surface area contributed by atoms with Gasteiger partial charge in [0.05, 0.1) is 11.9 Å². The standard InChI is InChI=1S/C18H15BrN4O/c1-12-16(14-7-3-2-4-8-14)21-22-17(12)18(24)23-20-11-13-6-5-9-15(19)10-13/h2-11H,1H3,(H,21,22)(H,23,24)/b20-11+. The topological polar surface area (TPSA) is 70.1 Å². The van der Waals surface area contributed by atoms with Crippen LogP contribution in [0.3, 0.4) is 0 Å². The van der Waals surface area contributed by atoms with Gasteiger partial charge in [-0.1, -0.05) is 58.4 Å². The zero-order valence-electron chi connectivity index (χ0n) is 13.0. The molecular weight excluding hydrogens is 368 g/mol. The third kappa shape index (κ3) is 3.60. The molecule has 0 atom stereocenters. The largest absolute Gasteiger partial charge is 0.289 e. The van der Waals surface area contributed by atoms with E-state index in [0.717, 1.165) is 26.9 Å². The summed E-state index contributed by atoms with van der Waals surface area (Å²) in [6.45, 7) is 1.86. The zero-order valence-corrected chi connectivity index (χ0v) is 14.5. The summed E-state index contributed by atoms with van der Waals surface area (Å²) in [6, 6.07) is 17.4. The number of carbonyl (C=O) groups excluding carboxylic acids is 1. The van der Waals surface area contributed by atoms with Crippen LogP contribution in [0, 0.1) is 6.92 Å². The maximum Gasteiger partial charge on any atom is 0.289 e. The zero-order chi connectivity index (χ0) is 16.9. The number of benzene rings is 2. The first-order chi connectivity index (χ1) is 11.6. The van der Waals surface area contributed by atoms with E-state index in [1.165, 1.54) is 0 Å². The van der Waals surface area contributed by atoms with Crippen LogP contribution in [-0.4, -0.2) is 22.3 Å². The van der Waals surface area contributed by atoms with Crippen LogP contribution in [-0.2, 0) is 0 Å². The molecule has 24 heavy (non-hydrogen) atoms. The third-order valence-electron chi connectivity index (χ3n) is 3.51. The number of nitrogens with zero attached hydrogens (tertiary/aromatic N) is 2. The highest BCUT2D eigenvalue weighted by Gasteiger charge is 2.16. The third-order valence-corrected chi connectivity index (χ3v) is 4.01. The van der Waals surface area contributed by atoms with Crippen molar-refractivity contribution in [2.75, 3.05) is 0 Å². The van der Waals surface area contributed by atoms with Crippen molar-refractivity contribution in [3.8, 4) is 11.3 Å². The molecule has 0 bridgehead atoms. The van der Waals surface area contributed by atoms with Gasteiger partial charge >= 0.3 is 0 Å². The Morgan fingerprint density at radius 1 is 1.21 bits per heavy atom. The van der Waals surface area contributed by atoms with Gasteiger partial charge in [-0.3, -0.25) is 9.89 Å². The molecule has 3 rings (SSSR count). The van der Waals surface area contributed by atoms with E-state index in [-0.39, 0.29) is 5.91 Å². The van der Waals surface area contributed by atoms with E-state index in [9.17, 15) is 4.79 Å². The molecule has 3 aromatic rings. The van der Waals surface area contributed by atoms with Crippen molar-refractivity contribution in [3.63, 3.8) is 0 Å². The van der Waals surface area contributed by atoms with Gasteiger partial charge in [0.15, 0.2) is 0 Å². The van der Waals surface area contributed by atoms with Crippen LogP contribution in [0.25, 0.3) is 11.3 Å². The molecule has 0 saturated heterocycles. The van der Waals surface area contributed by atoms with Crippen molar-refractivity contribution in [3.05, 3.63) is 75.9 Å². The number of hydrogen-bond acceptors (Lipinski definition) is 3. The minimum atomic E-state index is -0.326. The number of hydrogen-bond donors (Lipinski definition) is 2. The maximum absolute atomic E-state index is 12.3. The molecule has 0 saturated carbocycles. The van der Waals surface area contributed by atoms with Crippen LogP contribution in [0.4, 0.5) is 0 Å². The van der Waals surface area contributed by atoms with E-state index in [4.69, 9.17) is 0 Å². The van der Waals surface area contributed by atoms with E-state index in [0.29, 0.717) is 5.69 Å². The van der Waals surface area contributed by atoms with Crippen LogP contribution < -0.4 is 5.43 Å². The summed E-state index contributed by atoms with van der Waals surface area (Å²) in [5, 5.41) is 11.0. The highest BCUT2D eigenvalue weighted by atomic mass is 79.9. The molecule has 0 spiro atoms. The van der Waals surface area contributed by atoms with Gasteiger partial charge in [0.1, 0.15) is 5.69 Å². The smallest absolute Gasteiger partial charge is 0.272 e. The molecule has 1 amide bonds. The van der Waals surface area contributed by atoms with Gasteiger partial charge in [0, 0.05) is 15.6 Å². The number of halogens is 1. The Balaban J connectivity index is 1.73. The predicted molar refractivity (Wildman–Crippen MR) is 98.0 cm³/mol. The SMILES string of the molecule is Cc1c(-c2ccccc2)n[nH]c1C(=O)N/N=C/c1cccc(Br)c1. The van der Waals surface area contributed by atoms with Gasteiger partial charge in [-0.05, 0) is 24.6 Å². The summed E-state index contributed by atoms with van der Waals surface area (Å²) >= 11 is 3.39. The molecule has 1 heterocycles. The van der Waals surface area contributed by atoms with E-state index in [1.54, 1.807) is 6.21 Å². The number of aromatic amines is 1. The Morgan fingerprint density at radius 2 is 2.00 bits per heavy atom. The van der Waals surface area contributed by atoms with Gasteiger partial charge in [0.25, 0.3) is 5.91 Å². The summed E-state index contributed by atoms with van der Waals surface area (Å²) in [5.41, 5.74) is 6.31. The van der Waals surface area contributed by atoms with E-state index >= 15 is 0 Å². The average molecular weight is 383 g/mol. The van der Waals surface area contributed by atoms with Gasteiger partial charge in [-0.15, -0.1) is 0 Å². The number of H-pyrrole nitrogens is 1. The molecule has 0 unspecified atom stereocenters. The second-order valence-corrected chi connectivity index (χ2v) is 6.11. The molecule has 0 fully saturated rings. The molecule has 1 aromatic heterocycles. The summed E-state index contributed by atoms with van der Waals surface area (Å²) in [6.07, 6.45) is 1.59. The predicted octanol–water partition coefficient (Wildman–Crippen LogP) is 3.91. The fourth-order valence-electron chi connectivity index (χ4n) is 2.30. The first-order valence-corrected chi connectivity index (χ1v) is 8.14. The molecule has 5 nitrogen and oxygen atoms in total. The number of nitrogens with one attached hydrogen (secondary N) is 2. The lowest BCUT2D eigenvalue weighted by atomic mass is 10.1. The normalized spacial score (nSPS) is 10.9. The van der Waals surface area contributed by atoms with Crippen molar-refractivity contribution < 1.29 is 4.79 Å². The fraction of sp³-hybridized carbons (Fsp3) is 0.0556. The van der Waals surface area contributed by atoms with Crippen molar-refractivity contribution in [1.29, 1.82) is 0 Å². The minimum Gasteiger partial charge on any atom is -0.272 e. The molecule has 2 N–H and O–H groups in total. The number of carbonyl (C=O) groups is 1. The Kier molecular flexibility index (Phi) is 4.86. The monoisotopic (exact) mass is 382 g/mol. The molecule has 6 heteroatoms. The van der Waals surface area contributed by atoms with Crippen LogP contribution in [0.2, 0.25) is 0 Å². The Labute approximate surface area is 147 Å². The number of aromatic nitrogens is 2. The average Bonchev–Trinajstić information content (AvgIpc) is 2.97. The Hall–Kier alpha value is -2.73. The van der Waals surface area contributed by atoms with Crippen LogP contribution in [0.5, 0.6) is 0 Å². The van der Waals surface area contributed by atoms with E-state index < -0.39 is 0 Å². The first kappa shape index (κ1) is 16.1. The van der Waals surface area contributed by atoms with Gasteiger partial charge in [-0.25, -0.2) is 5.43 Å². The van der Waals surface area contributed by atoms with Crippen LogP contribution in [0.15, 0.2) is 64.2 Å². The second-order valence-electron chi connectivity index (χ2n) is 5.19.